The van der Waals surface area contributed by atoms with E-state index < -0.39 is 0 Å². The van der Waals surface area contributed by atoms with Gasteiger partial charge in [-0.15, -0.1) is 24.0 Å². The second kappa shape index (κ2) is 12.5. The lowest BCUT2D eigenvalue weighted by atomic mass is 10.2. The Labute approximate surface area is 157 Å². The van der Waals surface area contributed by atoms with Crippen LogP contribution >= 0.6 is 24.0 Å². The van der Waals surface area contributed by atoms with Crippen LogP contribution in [0.15, 0.2) is 29.3 Å². The molecule has 0 saturated heterocycles. The highest BCUT2D eigenvalue weighted by atomic mass is 127. The van der Waals surface area contributed by atoms with Crippen molar-refractivity contribution in [3.05, 3.63) is 35.6 Å². The van der Waals surface area contributed by atoms with Gasteiger partial charge in [-0.3, -0.25) is 4.90 Å². The Morgan fingerprint density at radius 2 is 1.83 bits per heavy atom. The number of benzene rings is 1. The summed E-state index contributed by atoms with van der Waals surface area (Å²) in [7, 11) is 0. The van der Waals surface area contributed by atoms with Crippen LogP contribution in [-0.2, 0) is 6.54 Å². The first-order valence-electron chi connectivity index (χ1n) is 8.11. The van der Waals surface area contributed by atoms with Gasteiger partial charge in [-0.2, -0.15) is 0 Å². The molecule has 0 aliphatic carbocycles. The Bertz CT molecular complexity index is 464. The number of nitrogens with one attached hydrogen (secondary N) is 2. The second-order valence-electron chi connectivity index (χ2n) is 5.24. The van der Waals surface area contributed by atoms with Gasteiger partial charge in [-0.05, 0) is 33.0 Å². The van der Waals surface area contributed by atoms with Gasteiger partial charge < -0.3 is 10.6 Å². The van der Waals surface area contributed by atoms with E-state index in [0.717, 1.165) is 32.1 Å². The van der Waals surface area contributed by atoms with Crippen molar-refractivity contribution in [3.8, 4) is 0 Å². The molecule has 132 valence electrons. The summed E-state index contributed by atoms with van der Waals surface area (Å²) in [4.78, 5) is 6.85. The van der Waals surface area contributed by atoms with Crippen LogP contribution in [0, 0.1) is 5.82 Å². The SMILES string of the molecule is CCNC(=NCc1ccccc1F)NCC(C)N(CC)CC.I. The third kappa shape index (κ3) is 7.97. The highest BCUT2D eigenvalue weighted by molar-refractivity contribution is 14.0. The van der Waals surface area contributed by atoms with Crippen molar-refractivity contribution in [2.24, 2.45) is 4.99 Å². The van der Waals surface area contributed by atoms with Crippen LogP contribution < -0.4 is 10.6 Å². The van der Waals surface area contributed by atoms with Crippen molar-refractivity contribution in [1.29, 1.82) is 0 Å². The normalized spacial score (nSPS) is 12.7. The first-order valence-corrected chi connectivity index (χ1v) is 8.11. The van der Waals surface area contributed by atoms with E-state index in [9.17, 15) is 4.39 Å². The Balaban J connectivity index is 0.00000484. The lowest BCUT2D eigenvalue weighted by Crippen LogP contribution is -2.46. The molecule has 1 aromatic rings. The van der Waals surface area contributed by atoms with Gasteiger partial charge in [0.05, 0.1) is 6.54 Å². The minimum absolute atomic E-state index is 0. The summed E-state index contributed by atoms with van der Waals surface area (Å²) < 4.78 is 13.6. The molecule has 1 atom stereocenters. The average molecular weight is 436 g/mol. The minimum Gasteiger partial charge on any atom is -0.357 e. The summed E-state index contributed by atoms with van der Waals surface area (Å²) in [6.07, 6.45) is 0. The minimum atomic E-state index is -0.210. The molecule has 4 nitrogen and oxygen atoms in total. The summed E-state index contributed by atoms with van der Waals surface area (Å²) in [5.41, 5.74) is 0.608. The molecule has 0 radical (unpaired) electrons. The molecule has 0 aliphatic rings. The zero-order valence-corrected chi connectivity index (χ0v) is 16.9. The molecule has 1 rings (SSSR count). The maximum atomic E-state index is 13.6. The van der Waals surface area contributed by atoms with Gasteiger partial charge in [0.2, 0.25) is 0 Å². The standard InChI is InChI=1S/C17H29FN4.HI/c1-5-19-17(20-12-14(4)22(6-2)7-3)21-13-15-10-8-9-11-16(15)18;/h8-11,14H,5-7,12-13H2,1-4H3,(H2,19,20,21);1H. The van der Waals surface area contributed by atoms with Gasteiger partial charge in [-0.1, -0.05) is 32.0 Å². The summed E-state index contributed by atoms with van der Waals surface area (Å²) in [5, 5.41) is 6.53. The quantitative estimate of drug-likeness (QED) is 0.374. The number of guanidine groups is 1. The molecular weight excluding hydrogens is 406 g/mol. The monoisotopic (exact) mass is 436 g/mol. The van der Waals surface area contributed by atoms with Crippen LogP contribution in [0.2, 0.25) is 0 Å². The van der Waals surface area contributed by atoms with E-state index in [0.29, 0.717) is 18.2 Å². The van der Waals surface area contributed by atoms with Gasteiger partial charge in [0.25, 0.3) is 0 Å². The maximum absolute atomic E-state index is 13.6. The summed E-state index contributed by atoms with van der Waals surface area (Å²) in [5.74, 6) is 0.517. The van der Waals surface area contributed by atoms with Gasteiger partial charge in [0, 0.05) is 24.7 Å². The van der Waals surface area contributed by atoms with Crippen LogP contribution in [0.5, 0.6) is 0 Å². The topological polar surface area (TPSA) is 39.7 Å². The molecule has 0 aliphatic heterocycles. The maximum Gasteiger partial charge on any atom is 0.191 e. The lowest BCUT2D eigenvalue weighted by Gasteiger charge is -2.27. The molecule has 0 heterocycles. The molecule has 0 bridgehead atoms. The fraction of sp³-hybridized carbons (Fsp3) is 0.588. The molecule has 0 amide bonds. The number of halogens is 2. The molecule has 1 aromatic carbocycles. The third-order valence-corrected chi connectivity index (χ3v) is 3.71. The van der Waals surface area contributed by atoms with Crippen molar-refractivity contribution < 1.29 is 4.39 Å². The van der Waals surface area contributed by atoms with Crippen molar-refractivity contribution in [2.75, 3.05) is 26.2 Å². The Morgan fingerprint density at radius 3 is 2.39 bits per heavy atom. The van der Waals surface area contributed by atoms with Gasteiger partial charge >= 0.3 is 0 Å². The molecular formula is C17H30FIN4. The molecule has 2 N–H and O–H groups in total. The molecule has 0 saturated carbocycles. The van der Waals surface area contributed by atoms with E-state index in [-0.39, 0.29) is 29.8 Å². The predicted molar refractivity (Wildman–Crippen MR) is 107 cm³/mol. The van der Waals surface area contributed by atoms with Crippen molar-refractivity contribution in [1.82, 2.24) is 15.5 Å². The molecule has 0 fully saturated rings. The van der Waals surface area contributed by atoms with E-state index in [1.165, 1.54) is 6.07 Å². The number of hydrogen-bond acceptors (Lipinski definition) is 2. The van der Waals surface area contributed by atoms with Crippen LogP contribution in [-0.4, -0.2) is 43.1 Å². The van der Waals surface area contributed by atoms with E-state index in [1.54, 1.807) is 12.1 Å². The molecule has 1 unspecified atom stereocenters. The molecule has 23 heavy (non-hydrogen) atoms. The van der Waals surface area contributed by atoms with Crippen molar-refractivity contribution in [2.45, 2.75) is 40.3 Å². The predicted octanol–water partition coefficient (Wildman–Crippen LogP) is 3.23. The van der Waals surface area contributed by atoms with Crippen molar-refractivity contribution >= 4 is 29.9 Å². The smallest absolute Gasteiger partial charge is 0.191 e. The van der Waals surface area contributed by atoms with Crippen LogP contribution in [0.25, 0.3) is 0 Å². The second-order valence-corrected chi connectivity index (χ2v) is 5.24. The lowest BCUT2D eigenvalue weighted by molar-refractivity contribution is 0.231. The van der Waals surface area contributed by atoms with E-state index in [4.69, 9.17) is 0 Å². The first-order chi connectivity index (χ1) is 10.6. The summed E-state index contributed by atoms with van der Waals surface area (Å²) in [6.45, 7) is 12.5. The number of rotatable bonds is 8. The fourth-order valence-electron chi connectivity index (χ4n) is 2.35. The average Bonchev–Trinajstić information content (AvgIpc) is 2.52. The summed E-state index contributed by atoms with van der Waals surface area (Å²) >= 11 is 0. The fourth-order valence-corrected chi connectivity index (χ4v) is 2.35. The van der Waals surface area contributed by atoms with Crippen LogP contribution in [0.4, 0.5) is 4.39 Å². The largest absolute Gasteiger partial charge is 0.357 e. The highest BCUT2D eigenvalue weighted by Crippen LogP contribution is 2.07. The van der Waals surface area contributed by atoms with Crippen LogP contribution in [0.1, 0.15) is 33.3 Å². The Hall–Kier alpha value is -0.890. The Kier molecular flexibility index (Phi) is 12.0. The van der Waals surface area contributed by atoms with Crippen LogP contribution in [0.3, 0.4) is 0 Å². The van der Waals surface area contributed by atoms with Gasteiger partial charge in [-0.25, -0.2) is 9.38 Å². The van der Waals surface area contributed by atoms with E-state index in [2.05, 4.69) is 41.3 Å². The first kappa shape index (κ1) is 22.1. The summed E-state index contributed by atoms with van der Waals surface area (Å²) in [6, 6.07) is 7.18. The van der Waals surface area contributed by atoms with Gasteiger partial charge in [0.15, 0.2) is 5.96 Å². The number of likely N-dealkylation sites (N-methyl/N-ethyl adjacent to an activating group) is 1. The van der Waals surface area contributed by atoms with E-state index >= 15 is 0 Å². The number of nitrogens with zero attached hydrogens (tertiary/aromatic N) is 2. The highest BCUT2D eigenvalue weighted by Gasteiger charge is 2.10. The Morgan fingerprint density at radius 1 is 1.17 bits per heavy atom. The number of hydrogen-bond donors (Lipinski definition) is 2. The van der Waals surface area contributed by atoms with Gasteiger partial charge in [0.1, 0.15) is 5.82 Å². The van der Waals surface area contributed by atoms with E-state index in [1.807, 2.05) is 13.0 Å². The molecule has 0 aromatic heterocycles. The molecule has 6 heteroatoms. The molecule has 0 spiro atoms. The van der Waals surface area contributed by atoms with Crippen molar-refractivity contribution in [3.63, 3.8) is 0 Å². The zero-order valence-electron chi connectivity index (χ0n) is 14.6. The third-order valence-electron chi connectivity index (χ3n) is 3.71. The zero-order chi connectivity index (χ0) is 16.4. The number of aliphatic imine (C=N–C) groups is 1.